The van der Waals surface area contributed by atoms with Crippen LogP contribution in [0.25, 0.3) is 11.0 Å². The number of aromatic nitrogens is 3. The number of benzene rings is 1. The van der Waals surface area contributed by atoms with Gasteiger partial charge in [-0.25, -0.2) is 4.68 Å². The van der Waals surface area contributed by atoms with Crippen LogP contribution in [0.3, 0.4) is 0 Å². The van der Waals surface area contributed by atoms with E-state index in [0.29, 0.717) is 10.0 Å². The van der Waals surface area contributed by atoms with Crippen LogP contribution in [0.4, 0.5) is 0 Å². The molecule has 0 N–H and O–H groups in total. The molecule has 5 heteroatoms. The Kier molecular flexibility index (Phi) is 1.70. The van der Waals surface area contributed by atoms with Crippen LogP contribution in [-0.2, 0) is 7.05 Å². The first kappa shape index (κ1) is 7.83. The van der Waals surface area contributed by atoms with Gasteiger partial charge in [0.25, 0.3) is 0 Å². The lowest BCUT2D eigenvalue weighted by Gasteiger charge is -1.95. The summed E-state index contributed by atoms with van der Waals surface area (Å²) in [6, 6.07) is 3.41. The zero-order chi connectivity index (χ0) is 8.72. The van der Waals surface area contributed by atoms with E-state index >= 15 is 0 Å². The van der Waals surface area contributed by atoms with Crippen molar-refractivity contribution in [1.29, 1.82) is 0 Å². The average Bonchev–Trinajstić information content (AvgIpc) is 2.31. The highest BCUT2D eigenvalue weighted by atomic mass is 35.5. The number of hydrogen-bond donors (Lipinski definition) is 0. The van der Waals surface area contributed by atoms with E-state index in [2.05, 4.69) is 10.3 Å². The predicted molar refractivity (Wildman–Crippen MR) is 48.5 cm³/mol. The molecule has 12 heavy (non-hydrogen) atoms. The lowest BCUT2D eigenvalue weighted by atomic mass is 10.3. The second-order valence-electron chi connectivity index (χ2n) is 2.47. The largest absolute Gasteiger partial charge is 0.246 e. The van der Waals surface area contributed by atoms with Gasteiger partial charge in [-0.2, -0.15) is 0 Å². The fraction of sp³-hybridized carbons (Fsp3) is 0.143. The number of hydrogen-bond acceptors (Lipinski definition) is 2. The summed E-state index contributed by atoms with van der Waals surface area (Å²) in [4.78, 5) is 0. The third kappa shape index (κ3) is 1.06. The maximum absolute atomic E-state index is 5.92. The molecule has 0 fully saturated rings. The first-order chi connectivity index (χ1) is 5.68. The fourth-order valence-electron chi connectivity index (χ4n) is 1.11. The van der Waals surface area contributed by atoms with E-state index in [1.54, 1.807) is 23.9 Å². The van der Waals surface area contributed by atoms with E-state index in [9.17, 15) is 0 Å². The summed E-state index contributed by atoms with van der Waals surface area (Å²) >= 11 is 11.7. The number of halogens is 2. The molecule has 0 bridgehead atoms. The van der Waals surface area contributed by atoms with E-state index < -0.39 is 0 Å². The highest BCUT2D eigenvalue weighted by molar-refractivity contribution is 6.38. The summed E-state index contributed by atoms with van der Waals surface area (Å²) in [7, 11) is 1.79. The topological polar surface area (TPSA) is 30.7 Å². The molecular weight excluding hydrogens is 197 g/mol. The van der Waals surface area contributed by atoms with Gasteiger partial charge in [0.2, 0.25) is 0 Å². The Morgan fingerprint density at radius 1 is 1.33 bits per heavy atom. The molecule has 0 atom stereocenters. The Hall–Kier alpha value is -0.800. The summed E-state index contributed by atoms with van der Waals surface area (Å²) in [5.41, 5.74) is 1.52. The Labute approximate surface area is 78.9 Å². The van der Waals surface area contributed by atoms with Crippen molar-refractivity contribution in [3.05, 3.63) is 22.2 Å². The molecule has 0 saturated carbocycles. The Balaban J connectivity index is 2.93. The van der Waals surface area contributed by atoms with Gasteiger partial charge in [-0.3, -0.25) is 0 Å². The quantitative estimate of drug-likeness (QED) is 0.655. The third-order valence-electron chi connectivity index (χ3n) is 1.62. The molecule has 0 radical (unpaired) electrons. The van der Waals surface area contributed by atoms with Gasteiger partial charge in [0.15, 0.2) is 0 Å². The summed E-state index contributed by atoms with van der Waals surface area (Å²) in [5, 5.41) is 8.86. The van der Waals surface area contributed by atoms with Crippen molar-refractivity contribution in [2.75, 3.05) is 0 Å². The molecule has 1 aromatic heterocycles. The predicted octanol–water partition coefficient (Wildman–Crippen LogP) is 2.28. The summed E-state index contributed by atoms with van der Waals surface area (Å²) in [6.07, 6.45) is 0. The highest BCUT2D eigenvalue weighted by Crippen LogP contribution is 2.25. The minimum atomic E-state index is 0.574. The molecule has 0 aliphatic carbocycles. The molecule has 0 amide bonds. The van der Waals surface area contributed by atoms with Crippen molar-refractivity contribution in [2.24, 2.45) is 7.05 Å². The Morgan fingerprint density at radius 3 is 2.83 bits per heavy atom. The fourth-order valence-corrected chi connectivity index (χ4v) is 1.71. The van der Waals surface area contributed by atoms with Gasteiger partial charge in [-0.05, 0) is 12.1 Å². The molecule has 0 saturated heterocycles. The molecule has 1 aromatic carbocycles. The summed E-state index contributed by atoms with van der Waals surface area (Å²) in [5.74, 6) is 0. The lowest BCUT2D eigenvalue weighted by molar-refractivity contribution is 0.736. The number of nitrogens with zero attached hydrogens (tertiary/aromatic N) is 3. The van der Waals surface area contributed by atoms with Gasteiger partial charge in [-0.1, -0.05) is 28.4 Å². The minimum Gasteiger partial charge on any atom is -0.246 e. The monoisotopic (exact) mass is 201 g/mol. The van der Waals surface area contributed by atoms with Crippen LogP contribution in [0.5, 0.6) is 0 Å². The number of rotatable bonds is 0. The first-order valence-corrected chi connectivity index (χ1v) is 4.08. The van der Waals surface area contributed by atoms with Gasteiger partial charge in [0, 0.05) is 12.1 Å². The van der Waals surface area contributed by atoms with Crippen molar-refractivity contribution >= 4 is 34.2 Å². The van der Waals surface area contributed by atoms with E-state index in [1.165, 1.54) is 0 Å². The smallest absolute Gasteiger partial charge is 0.116 e. The van der Waals surface area contributed by atoms with Gasteiger partial charge < -0.3 is 0 Å². The van der Waals surface area contributed by atoms with Crippen LogP contribution < -0.4 is 0 Å². The van der Waals surface area contributed by atoms with Crippen LogP contribution in [0.2, 0.25) is 10.0 Å². The highest BCUT2D eigenvalue weighted by Gasteiger charge is 2.06. The van der Waals surface area contributed by atoms with E-state index in [1.807, 2.05) is 0 Å². The van der Waals surface area contributed by atoms with Crippen molar-refractivity contribution < 1.29 is 0 Å². The first-order valence-electron chi connectivity index (χ1n) is 3.33. The maximum Gasteiger partial charge on any atom is 0.116 e. The standard InChI is InChI=1S/C7H5Cl2N3/c1-12-7-5(9)2-4(8)3-6(7)10-11-12/h2-3H,1H3. The molecule has 2 aromatic rings. The van der Waals surface area contributed by atoms with Crippen LogP contribution in [-0.4, -0.2) is 15.0 Å². The SMILES string of the molecule is Cn1nnc2cc(Cl)cc(Cl)c21. The second kappa shape index (κ2) is 2.61. The third-order valence-corrected chi connectivity index (χ3v) is 2.12. The molecule has 62 valence electrons. The van der Waals surface area contributed by atoms with Crippen molar-refractivity contribution in [1.82, 2.24) is 15.0 Å². The van der Waals surface area contributed by atoms with Crippen LogP contribution in [0.15, 0.2) is 12.1 Å². The van der Waals surface area contributed by atoms with E-state index in [-0.39, 0.29) is 0 Å². The Morgan fingerprint density at radius 2 is 2.08 bits per heavy atom. The molecular formula is C7H5Cl2N3. The molecule has 0 unspecified atom stereocenters. The molecule has 0 spiro atoms. The van der Waals surface area contributed by atoms with E-state index in [4.69, 9.17) is 23.2 Å². The lowest BCUT2D eigenvalue weighted by Crippen LogP contribution is -1.89. The van der Waals surface area contributed by atoms with Gasteiger partial charge >= 0.3 is 0 Å². The Bertz CT molecular complexity index is 435. The zero-order valence-corrected chi connectivity index (χ0v) is 7.76. The van der Waals surface area contributed by atoms with Crippen LogP contribution >= 0.6 is 23.2 Å². The van der Waals surface area contributed by atoms with Gasteiger partial charge in [0.05, 0.1) is 5.02 Å². The van der Waals surface area contributed by atoms with Crippen molar-refractivity contribution in [2.45, 2.75) is 0 Å². The van der Waals surface area contributed by atoms with Crippen molar-refractivity contribution in [3.8, 4) is 0 Å². The maximum atomic E-state index is 5.92. The van der Waals surface area contributed by atoms with Gasteiger partial charge in [-0.15, -0.1) is 5.10 Å². The second-order valence-corrected chi connectivity index (χ2v) is 3.31. The molecule has 0 aliphatic rings. The van der Waals surface area contributed by atoms with Crippen LogP contribution in [0.1, 0.15) is 0 Å². The molecule has 3 nitrogen and oxygen atoms in total. The molecule has 2 rings (SSSR count). The number of fused-ring (bicyclic) bond motifs is 1. The minimum absolute atomic E-state index is 0.574. The summed E-state index contributed by atoms with van der Waals surface area (Å²) in [6.45, 7) is 0. The number of aryl methyl sites for hydroxylation is 1. The average molecular weight is 202 g/mol. The summed E-state index contributed by atoms with van der Waals surface area (Å²) < 4.78 is 1.62. The zero-order valence-electron chi connectivity index (χ0n) is 6.25. The van der Waals surface area contributed by atoms with Gasteiger partial charge in [0.1, 0.15) is 11.0 Å². The molecule has 0 aliphatic heterocycles. The van der Waals surface area contributed by atoms with Crippen LogP contribution in [0, 0.1) is 0 Å². The molecule has 1 heterocycles. The van der Waals surface area contributed by atoms with Crippen molar-refractivity contribution in [3.63, 3.8) is 0 Å². The normalized spacial score (nSPS) is 10.9. The van der Waals surface area contributed by atoms with E-state index in [0.717, 1.165) is 11.0 Å².